The average molecular weight is 470 g/mol. The van der Waals surface area contributed by atoms with E-state index in [9.17, 15) is 17.6 Å². The molecular formula is C23H17ClFN3O3S. The Morgan fingerprint density at radius 3 is 2.34 bits per heavy atom. The highest BCUT2D eigenvalue weighted by atomic mass is 35.5. The Morgan fingerprint density at radius 2 is 1.72 bits per heavy atom. The molecule has 0 aliphatic rings. The van der Waals surface area contributed by atoms with Crippen LogP contribution in [0.15, 0.2) is 82.6 Å². The highest BCUT2D eigenvalue weighted by Gasteiger charge is 2.18. The zero-order valence-corrected chi connectivity index (χ0v) is 18.4. The Bertz CT molecular complexity index is 1500. The summed E-state index contributed by atoms with van der Waals surface area (Å²) in [6.07, 6.45) is 1.50. The molecule has 0 spiro atoms. The van der Waals surface area contributed by atoms with E-state index in [1.807, 2.05) is 25.1 Å². The fraction of sp³-hybridized carbons (Fsp3) is 0.0435. The lowest BCUT2D eigenvalue weighted by atomic mass is 9.96. The van der Waals surface area contributed by atoms with E-state index >= 15 is 0 Å². The number of rotatable bonds is 4. The van der Waals surface area contributed by atoms with Crippen LogP contribution in [0.3, 0.4) is 0 Å². The van der Waals surface area contributed by atoms with Crippen molar-refractivity contribution in [2.75, 3.05) is 0 Å². The number of nitrogens with zero attached hydrogens (tertiary/aromatic N) is 2. The molecule has 0 unspecified atom stereocenters. The van der Waals surface area contributed by atoms with Gasteiger partial charge in [0.05, 0.1) is 27.4 Å². The second-order valence-corrected chi connectivity index (χ2v) is 9.16. The topological polar surface area (TPSA) is 95.1 Å². The summed E-state index contributed by atoms with van der Waals surface area (Å²) in [5.41, 5.74) is 2.93. The number of primary sulfonamides is 1. The third kappa shape index (κ3) is 4.20. The minimum Gasteiger partial charge on any atom is -0.267 e. The van der Waals surface area contributed by atoms with Crippen molar-refractivity contribution < 1.29 is 12.8 Å². The summed E-state index contributed by atoms with van der Waals surface area (Å²) in [7, 11) is -3.85. The van der Waals surface area contributed by atoms with Crippen molar-refractivity contribution in [3.05, 3.63) is 99.7 Å². The number of aryl methyl sites for hydroxylation is 1. The molecule has 6 nitrogen and oxygen atoms in total. The summed E-state index contributed by atoms with van der Waals surface area (Å²) in [5, 5.41) is 9.31. The number of hydrogen-bond donors (Lipinski definition) is 1. The van der Waals surface area contributed by atoms with Gasteiger partial charge in [0.2, 0.25) is 10.0 Å². The van der Waals surface area contributed by atoms with E-state index in [4.69, 9.17) is 16.7 Å². The van der Waals surface area contributed by atoms with Gasteiger partial charge < -0.3 is 0 Å². The summed E-state index contributed by atoms with van der Waals surface area (Å²) in [5.74, 6) is -0.603. The molecule has 4 aromatic rings. The van der Waals surface area contributed by atoms with E-state index < -0.39 is 21.4 Å². The molecule has 0 radical (unpaired) electrons. The van der Waals surface area contributed by atoms with Crippen LogP contribution >= 0.6 is 11.6 Å². The maximum Gasteiger partial charge on any atom is 0.280 e. The fourth-order valence-electron chi connectivity index (χ4n) is 3.38. The molecule has 0 bridgehead atoms. The first-order chi connectivity index (χ1) is 15.1. The first-order valence-electron chi connectivity index (χ1n) is 9.43. The third-order valence-corrected chi connectivity index (χ3v) is 6.15. The van der Waals surface area contributed by atoms with Gasteiger partial charge in [-0.1, -0.05) is 53.6 Å². The molecule has 1 aromatic heterocycles. The normalized spacial score (nSPS) is 11.5. The Balaban J connectivity index is 1.97. The van der Waals surface area contributed by atoms with Gasteiger partial charge in [0.25, 0.3) is 5.56 Å². The van der Waals surface area contributed by atoms with Crippen molar-refractivity contribution in [3.63, 3.8) is 0 Å². The van der Waals surface area contributed by atoms with Crippen molar-refractivity contribution >= 4 is 21.6 Å². The predicted molar refractivity (Wildman–Crippen MR) is 122 cm³/mol. The van der Waals surface area contributed by atoms with Crippen LogP contribution in [-0.2, 0) is 10.0 Å². The van der Waals surface area contributed by atoms with Crippen LogP contribution in [0, 0.1) is 12.7 Å². The minimum absolute atomic E-state index is 0.0411. The lowest BCUT2D eigenvalue weighted by Crippen LogP contribution is -2.23. The van der Waals surface area contributed by atoms with Crippen molar-refractivity contribution in [3.8, 4) is 27.9 Å². The van der Waals surface area contributed by atoms with Crippen LogP contribution in [-0.4, -0.2) is 18.2 Å². The molecule has 0 aliphatic heterocycles. The maximum atomic E-state index is 13.6. The predicted octanol–water partition coefficient (Wildman–Crippen LogP) is 4.31. The van der Waals surface area contributed by atoms with Crippen molar-refractivity contribution in [2.45, 2.75) is 11.8 Å². The molecule has 0 aliphatic carbocycles. The number of halogens is 2. The van der Waals surface area contributed by atoms with Crippen LogP contribution in [0.1, 0.15) is 5.56 Å². The molecule has 9 heteroatoms. The zero-order chi connectivity index (χ0) is 23.0. The van der Waals surface area contributed by atoms with E-state index in [0.29, 0.717) is 27.9 Å². The molecule has 4 rings (SSSR count). The Hall–Kier alpha value is -3.33. The van der Waals surface area contributed by atoms with Crippen molar-refractivity contribution in [1.82, 2.24) is 9.78 Å². The van der Waals surface area contributed by atoms with Gasteiger partial charge in [-0.25, -0.2) is 17.9 Å². The quantitative estimate of drug-likeness (QED) is 0.481. The molecule has 3 aromatic carbocycles. The molecule has 162 valence electrons. The van der Waals surface area contributed by atoms with Gasteiger partial charge >= 0.3 is 0 Å². The number of nitrogens with two attached hydrogens (primary N) is 1. The number of hydrogen-bond acceptors (Lipinski definition) is 4. The Labute approximate surface area is 188 Å². The summed E-state index contributed by atoms with van der Waals surface area (Å²) >= 11 is 5.89. The third-order valence-electron chi connectivity index (χ3n) is 4.93. The number of aromatic nitrogens is 2. The van der Waals surface area contributed by atoms with Crippen molar-refractivity contribution in [1.29, 1.82) is 0 Å². The lowest BCUT2D eigenvalue weighted by Gasteiger charge is -2.14. The summed E-state index contributed by atoms with van der Waals surface area (Å²) in [6.45, 7) is 1.91. The lowest BCUT2D eigenvalue weighted by molar-refractivity contribution is 0.598. The Morgan fingerprint density at radius 1 is 1.00 bits per heavy atom. The Kier molecular flexibility index (Phi) is 5.68. The molecule has 0 atom stereocenters. The molecule has 1 heterocycles. The van der Waals surface area contributed by atoms with E-state index in [0.717, 1.165) is 16.3 Å². The van der Waals surface area contributed by atoms with Gasteiger partial charge in [0.1, 0.15) is 5.82 Å². The van der Waals surface area contributed by atoms with E-state index in [1.54, 1.807) is 18.2 Å². The van der Waals surface area contributed by atoms with Crippen LogP contribution in [0.5, 0.6) is 0 Å². The highest BCUT2D eigenvalue weighted by Crippen LogP contribution is 2.30. The molecule has 0 fully saturated rings. The minimum atomic E-state index is -3.85. The molecule has 2 N–H and O–H groups in total. The first kappa shape index (κ1) is 21.9. The maximum absolute atomic E-state index is 13.6. The van der Waals surface area contributed by atoms with Gasteiger partial charge in [-0.05, 0) is 48.4 Å². The van der Waals surface area contributed by atoms with Crippen LogP contribution < -0.4 is 10.7 Å². The summed E-state index contributed by atoms with van der Waals surface area (Å²) in [4.78, 5) is 13.5. The molecule has 32 heavy (non-hydrogen) atoms. The average Bonchev–Trinajstić information content (AvgIpc) is 2.75. The smallest absolute Gasteiger partial charge is 0.267 e. The number of sulfonamides is 1. The van der Waals surface area contributed by atoms with Gasteiger partial charge in [0, 0.05) is 5.56 Å². The first-order valence-corrected chi connectivity index (χ1v) is 11.4. The van der Waals surface area contributed by atoms with Gasteiger partial charge in [0.15, 0.2) is 0 Å². The largest absolute Gasteiger partial charge is 0.280 e. The van der Waals surface area contributed by atoms with Gasteiger partial charge in [-0.15, -0.1) is 0 Å². The van der Waals surface area contributed by atoms with E-state index in [-0.39, 0.29) is 9.92 Å². The standard InChI is InChI=1S/C23H17ClFN3O3S/c1-14-3-2-4-16(11-14)22-19(15-5-8-18(9-6-15)32(26,30)31)13-27-28(23(22)29)17-7-10-21(25)20(24)12-17/h2-13H,1H3,(H2,26,30,31). The second-order valence-electron chi connectivity index (χ2n) is 7.19. The molecule has 0 saturated heterocycles. The van der Waals surface area contributed by atoms with Crippen LogP contribution in [0.25, 0.3) is 27.9 Å². The second kappa shape index (κ2) is 8.31. The zero-order valence-electron chi connectivity index (χ0n) is 16.8. The van der Waals surface area contributed by atoms with Gasteiger partial charge in [-0.3, -0.25) is 4.79 Å². The molecule has 0 amide bonds. The summed E-state index contributed by atoms with van der Waals surface area (Å²) in [6, 6.07) is 17.2. The molecule has 0 saturated carbocycles. The SMILES string of the molecule is Cc1cccc(-c2c(-c3ccc(S(N)(=O)=O)cc3)cnn(-c3ccc(F)c(Cl)c3)c2=O)c1. The van der Waals surface area contributed by atoms with Crippen LogP contribution in [0.2, 0.25) is 5.02 Å². The van der Waals surface area contributed by atoms with Crippen LogP contribution in [0.4, 0.5) is 4.39 Å². The van der Waals surface area contributed by atoms with E-state index in [2.05, 4.69) is 5.10 Å². The summed E-state index contributed by atoms with van der Waals surface area (Å²) < 4.78 is 37.9. The highest BCUT2D eigenvalue weighted by molar-refractivity contribution is 7.89. The van der Waals surface area contributed by atoms with E-state index in [1.165, 1.54) is 30.5 Å². The monoisotopic (exact) mass is 469 g/mol. The molecular weight excluding hydrogens is 453 g/mol. The van der Waals surface area contributed by atoms with Crippen molar-refractivity contribution in [2.24, 2.45) is 5.14 Å². The van der Waals surface area contributed by atoms with Gasteiger partial charge in [-0.2, -0.15) is 9.78 Å². The fourth-order valence-corrected chi connectivity index (χ4v) is 4.07. The number of benzene rings is 3.